The summed E-state index contributed by atoms with van der Waals surface area (Å²) in [6.07, 6.45) is -0.446. The molecule has 0 radical (unpaired) electrons. The molecule has 1 aliphatic heterocycles. The Balaban J connectivity index is 2.11. The molecule has 86 valence electrons. The first-order chi connectivity index (χ1) is 7.66. The number of carbonyl (C=O) groups is 1. The van der Waals surface area contributed by atoms with E-state index in [2.05, 4.69) is 5.32 Å². The molecule has 2 N–H and O–H groups in total. The summed E-state index contributed by atoms with van der Waals surface area (Å²) >= 11 is 0. The van der Waals surface area contributed by atoms with Crippen LogP contribution in [0.4, 0.5) is 5.69 Å². The van der Waals surface area contributed by atoms with Crippen molar-refractivity contribution in [3.8, 4) is 0 Å². The number of benzene rings is 1. The van der Waals surface area contributed by atoms with Gasteiger partial charge in [0.25, 0.3) is 0 Å². The molecule has 16 heavy (non-hydrogen) atoms. The Bertz CT molecular complexity index is 373. The molecular formula is C12H16N2O2. The summed E-state index contributed by atoms with van der Waals surface area (Å²) in [5.41, 5.74) is 1.92. The molecule has 0 aromatic heterocycles. The molecule has 2 rings (SSSR count). The van der Waals surface area contributed by atoms with Gasteiger partial charge in [-0.3, -0.25) is 4.79 Å². The number of carbonyl (C=O) groups excluding carboxylic acids is 1. The average molecular weight is 220 g/mol. The van der Waals surface area contributed by atoms with E-state index in [0.29, 0.717) is 13.1 Å². The van der Waals surface area contributed by atoms with E-state index >= 15 is 0 Å². The van der Waals surface area contributed by atoms with Gasteiger partial charge in [0.05, 0.1) is 12.6 Å². The lowest BCUT2D eigenvalue weighted by molar-refractivity contribution is -0.120. The van der Waals surface area contributed by atoms with Crippen molar-refractivity contribution in [3.05, 3.63) is 29.8 Å². The highest BCUT2D eigenvalue weighted by Gasteiger charge is 2.16. The lowest BCUT2D eigenvalue weighted by Gasteiger charge is -2.28. The third-order valence-corrected chi connectivity index (χ3v) is 2.78. The fraction of sp³-hybridized carbons (Fsp3) is 0.417. The van der Waals surface area contributed by atoms with Crippen LogP contribution in [-0.4, -0.2) is 30.6 Å². The first kappa shape index (κ1) is 11.0. The van der Waals surface area contributed by atoms with E-state index in [1.165, 1.54) is 0 Å². The molecule has 0 unspecified atom stereocenters. The number of hydrogen-bond donors (Lipinski definition) is 2. The van der Waals surface area contributed by atoms with Crippen molar-refractivity contribution in [2.24, 2.45) is 0 Å². The summed E-state index contributed by atoms with van der Waals surface area (Å²) in [6, 6.07) is 7.68. The Kier molecular flexibility index (Phi) is 3.10. The van der Waals surface area contributed by atoms with Gasteiger partial charge < -0.3 is 15.3 Å². The van der Waals surface area contributed by atoms with E-state index in [-0.39, 0.29) is 5.91 Å². The van der Waals surface area contributed by atoms with Gasteiger partial charge in [-0.25, -0.2) is 0 Å². The Morgan fingerprint density at radius 2 is 2.06 bits per heavy atom. The standard InChI is InChI=1S/C12H16N2O2/c1-9(15)10-2-4-11(5-3-10)14-7-6-13-12(16)8-14/h2-5,9,15H,6-8H2,1H3,(H,13,16)/t9-/m1/s1. The van der Waals surface area contributed by atoms with Gasteiger partial charge in [-0.15, -0.1) is 0 Å². The van der Waals surface area contributed by atoms with Gasteiger partial charge in [-0.2, -0.15) is 0 Å². The van der Waals surface area contributed by atoms with Crippen molar-refractivity contribution in [1.82, 2.24) is 5.32 Å². The summed E-state index contributed by atoms with van der Waals surface area (Å²) in [6.45, 7) is 3.67. The maximum absolute atomic E-state index is 11.2. The minimum Gasteiger partial charge on any atom is -0.389 e. The van der Waals surface area contributed by atoms with Crippen LogP contribution in [0.2, 0.25) is 0 Å². The van der Waals surface area contributed by atoms with Crippen LogP contribution in [0.5, 0.6) is 0 Å². The van der Waals surface area contributed by atoms with Crippen LogP contribution in [0.25, 0.3) is 0 Å². The van der Waals surface area contributed by atoms with Crippen LogP contribution in [0.1, 0.15) is 18.6 Å². The van der Waals surface area contributed by atoms with Crippen molar-refractivity contribution in [2.45, 2.75) is 13.0 Å². The molecule has 1 aliphatic rings. The minimum atomic E-state index is -0.446. The number of nitrogens with zero attached hydrogens (tertiary/aromatic N) is 1. The topological polar surface area (TPSA) is 52.6 Å². The van der Waals surface area contributed by atoms with Gasteiger partial charge >= 0.3 is 0 Å². The second-order valence-corrected chi connectivity index (χ2v) is 4.04. The third-order valence-electron chi connectivity index (χ3n) is 2.78. The SMILES string of the molecule is C[C@@H](O)c1ccc(N2CCNC(=O)C2)cc1. The molecule has 0 aliphatic carbocycles. The highest BCUT2D eigenvalue weighted by Crippen LogP contribution is 2.19. The van der Waals surface area contributed by atoms with E-state index in [1.54, 1.807) is 6.92 Å². The monoisotopic (exact) mass is 220 g/mol. The molecule has 1 saturated heterocycles. The van der Waals surface area contributed by atoms with Crippen molar-refractivity contribution >= 4 is 11.6 Å². The van der Waals surface area contributed by atoms with E-state index in [4.69, 9.17) is 0 Å². The summed E-state index contributed by atoms with van der Waals surface area (Å²) in [4.78, 5) is 13.3. The van der Waals surface area contributed by atoms with Gasteiger partial charge in [-0.05, 0) is 24.6 Å². The molecule has 1 amide bonds. The van der Waals surface area contributed by atoms with Crippen molar-refractivity contribution in [3.63, 3.8) is 0 Å². The average Bonchev–Trinajstić information content (AvgIpc) is 2.29. The van der Waals surface area contributed by atoms with Crippen molar-refractivity contribution in [2.75, 3.05) is 24.5 Å². The number of piperazine rings is 1. The largest absolute Gasteiger partial charge is 0.389 e. The van der Waals surface area contributed by atoms with Crippen LogP contribution >= 0.6 is 0 Å². The smallest absolute Gasteiger partial charge is 0.239 e. The second kappa shape index (κ2) is 4.53. The van der Waals surface area contributed by atoms with Crippen LogP contribution in [0.15, 0.2) is 24.3 Å². The van der Waals surface area contributed by atoms with E-state index in [0.717, 1.165) is 17.8 Å². The molecular weight excluding hydrogens is 204 g/mol. The molecule has 0 spiro atoms. The zero-order chi connectivity index (χ0) is 11.5. The van der Waals surface area contributed by atoms with Gasteiger partial charge in [-0.1, -0.05) is 12.1 Å². The molecule has 4 nitrogen and oxygen atoms in total. The summed E-state index contributed by atoms with van der Waals surface area (Å²) in [5, 5.41) is 12.2. The number of rotatable bonds is 2. The minimum absolute atomic E-state index is 0.0610. The first-order valence-corrected chi connectivity index (χ1v) is 5.46. The fourth-order valence-electron chi connectivity index (χ4n) is 1.82. The predicted octanol–water partition coefficient (Wildman–Crippen LogP) is 0.676. The quantitative estimate of drug-likeness (QED) is 0.770. The number of anilines is 1. The van der Waals surface area contributed by atoms with Crippen LogP contribution in [0, 0.1) is 0 Å². The zero-order valence-electron chi connectivity index (χ0n) is 9.31. The fourth-order valence-corrected chi connectivity index (χ4v) is 1.82. The van der Waals surface area contributed by atoms with Gasteiger partial charge in [0.15, 0.2) is 0 Å². The Hall–Kier alpha value is -1.55. The maximum atomic E-state index is 11.2. The molecule has 1 heterocycles. The number of aliphatic hydroxyl groups is 1. The first-order valence-electron chi connectivity index (χ1n) is 5.46. The molecule has 0 saturated carbocycles. The van der Waals surface area contributed by atoms with Crippen molar-refractivity contribution in [1.29, 1.82) is 0 Å². The molecule has 1 atom stereocenters. The summed E-state index contributed by atoms with van der Waals surface area (Å²) in [5.74, 6) is 0.0610. The van der Waals surface area contributed by atoms with Gasteiger partial charge in [0, 0.05) is 18.8 Å². The number of nitrogens with one attached hydrogen (secondary N) is 1. The normalized spacial score (nSPS) is 18.1. The highest BCUT2D eigenvalue weighted by atomic mass is 16.3. The molecule has 0 bridgehead atoms. The second-order valence-electron chi connectivity index (χ2n) is 4.04. The zero-order valence-corrected chi connectivity index (χ0v) is 9.31. The van der Waals surface area contributed by atoms with Crippen molar-refractivity contribution < 1.29 is 9.90 Å². The third kappa shape index (κ3) is 2.33. The molecule has 4 heteroatoms. The molecule has 1 aromatic rings. The molecule has 1 aromatic carbocycles. The number of amides is 1. The van der Waals surface area contributed by atoms with Crippen LogP contribution < -0.4 is 10.2 Å². The van der Waals surface area contributed by atoms with E-state index < -0.39 is 6.10 Å². The molecule has 1 fully saturated rings. The highest BCUT2D eigenvalue weighted by molar-refractivity contribution is 5.82. The van der Waals surface area contributed by atoms with E-state index in [9.17, 15) is 9.90 Å². The lowest BCUT2D eigenvalue weighted by Crippen LogP contribution is -2.47. The number of hydrogen-bond acceptors (Lipinski definition) is 3. The Morgan fingerprint density at radius 1 is 1.38 bits per heavy atom. The maximum Gasteiger partial charge on any atom is 0.239 e. The number of aliphatic hydroxyl groups excluding tert-OH is 1. The predicted molar refractivity (Wildman–Crippen MR) is 62.3 cm³/mol. The Labute approximate surface area is 94.9 Å². The van der Waals surface area contributed by atoms with E-state index in [1.807, 2.05) is 29.2 Å². The summed E-state index contributed by atoms with van der Waals surface area (Å²) in [7, 11) is 0. The van der Waals surface area contributed by atoms with Crippen LogP contribution in [0.3, 0.4) is 0 Å². The van der Waals surface area contributed by atoms with Gasteiger partial charge in [0.1, 0.15) is 0 Å². The lowest BCUT2D eigenvalue weighted by atomic mass is 10.1. The van der Waals surface area contributed by atoms with Crippen LogP contribution in [-0.2, 0) is 4.79 Å². The summed E-state index contributed by atoms with van der Waals surface area (Å²) < 4.78 is 0. The van der Waals surface area contributed by atoms with Gasteiger partial charge in [0.2, 0.25) is 5.91 Å². The Morgan fingerprint density at radius 3 is 2.62 bits per heavy atom.